The second-order valence-electron chi connectivity index (χ2n) is 6.27. The van der Waals surface area contributed by atoms with Gasteiger partial charge in [-0.25, -0.2) is 4.79 Å². The van der Waals surface area contributed by atoms with Crippen LogP contribution in [0.3, 0.4) is 0 Å². The average molecular weight is 363 g/mol. The Balaban J connectivity index is 1.73. The fraction of sp³-hybridized carbons (Fsp3) is 0.190. The third kappa shape index (κ3) is 5.28. The van der Waals surface area contributed by atoms with Crippen molar-refractivity contribution in [3.05, 3.63) is 105 Å². The van der Waals surface area contributed by atoms with Crippen molar-refractivity contribution < 1.29 is 4.79 Å². The van der Waals surface area contributed by atoms with Crippen LogP contribution in [0, 0.1) is 0 Å². The summed E-state index contributed by atoms with van der Waals surface area (Å²) in [7, 11) is 0. The standard InChI is InChI=1S/C21H21N3O3/c25-19-11-13-23(21(27)22-19)14-12-20(26)24(15-17-7-3-1-4-8-17)16-18-9-5-2-6-10-18/h1-11,13H,12,14-16H2,(H,22,25,27). The fourth-order valence-corrected chi connectivity index (χ4v) is 2.83. The second kappa shape index (κ2) is 8.80. The molecule has 0 saturated heterocycles. The van der Waals surface area contributed by atoms with Crippen molar-refractivity contribution >= 4 is 5.91 Å². The summed E-state index contributed by atoms with van der Waals surface area (Å²) < 4.78 is 1.34. The summed E-state index contributed by atoms with van der Waals surface area (Å²) in [6.45, 7) is 1.21. The molecule has 0 aliphatic heterocycles. The van der Waals surface area contributed by atoms with Crippen LogP contribution in [0.1, 0.15) is 17.5 Å². The van der Waals surface area contributed by atoms with Crippen molar-refractivity contribution in [1.82, 2.24) is 14.5 Å². The van der Waals surface area contributed by atoms with Gasteiger partial charge in [0.25, 0.3) is 5.56 Å². The lowest BCUT2D eigenvalue weighted by Crippen LogP contribution is -2.33. The topological polar surface area (TPSA) is 75.2 Å². The highest BCUT2D eigenvalue weighted by molar-refractivity contribution is 5.76. The minimum Gasteiger partial charge on any atom is -0.334 e. The van der Waals surface area contributed by atoms with Crippen molar-refractivity contribution in [2.45, 2.75) is 26.1 Å². The molecule has 6 nitrogen and oxygen atoms in total. The number of hydrogen-bond acceptors (Lipinski definition) is 3. The summed E-state index contributed by atoms with van der Waals surface area (Å²) in [6, 6.07) is 20.9. The highest BCUT2D eigenvalue weighted by Gasteiger charge is 2.15. The summed E-state index contributed by atoms with van der Waals surface area (Å²) in [5, 5.41) is 0. The maximum Gasteiger partial charge on any atom is 0.328 e. The van der Waals surface area contributed by atoms with Gasteiger partial charge in [-0.15, -0.1) is 0 Å². The number of benzene rings is 2. The van der Waals surface area contributed by atoms with Crippen LogP contribution in [0.5, 0.6) is 0 Å². The Bertz CT molecular complexity index is 953. The highest BCUT2D eigenvalue weighted by Crippen LogP contribution is 2.12. The molecule has 0 unspecified atom stereocenters. The summed E-state index contributed by atoms with van der Waals surface area (Å²) in [6.07, 6.45) is 1.58. The third-order valence-corrected chi connectivity index (χ3v) is 4.25. The van der Waals surface area contributed by atoms with E-state index in [1.54, 1.807) is 4.90 Å². The van der Waals surface area contributed by atoms with Crippen LogP contribution < -0.4 is 11.2 Å². The van der Waals surface area contributed by atoms with Crippen molar-refractivity contribution in [1.29, 1.82) is 0 Å². The third-order valence-electron chi connectivity index (χ3n) is 4.25. The Labute approximate surface area is 156 Å². The molecule has 6 heteroatoms. The zero-order valence-electron chi connectivity index (χ0n) is 14.9. The molecule has 1 aromatic heterocycles. The van der Waals surface area contributed by atoms with E-state index >= 15 is 0 Å². The number of aryl methyl sites for hydroxylation is 1. The molecule has 1 N–H and O–H groups in total. The summed E-state index contributed by atoms with van der Waals surface area (Å²) in [5.74, 6) is -0.0548. The van der Waals surface area contributed by atoms with E-state index in [1.807, 2.05) is 60.7 Å². The first kappa shape index (κ1) is 18.4. The zero-order chi connectivity index (χ0) is 19.1. The van der Waals surface area contributed by atoms with E-state index in [0.29, 0.717) is 13.1 Å². The van der Waals surface area contributed by atoms with Crippen LogP contribution in [-0.2, 0) is 24.4 Å². The Hall–Kier alpha value is -3.41. The van der Waals surface area contributed by atoms with Gasteiger partial charge in [0.2, 0.25) is 5.91 Å². The molecule has 138 valence electrons. The Morgan fingerprint density at radius 3 is 1.93 bits per heavy atom. The van der Waals surface area contributed by atoms with Crippen molar-refractivity contribution in [2.24, 2.45) is 0 Å². The Kier molecular flexibility index (Phi) is 5.99. The SMILES string of the molecule is O=C(CCn1ccc(=O)[nH]c1=O)N(Cc1ccccc1)Cc1ccccc1. The number of nitrogens with one attached hydrogen (secondary N) is 1. The van der Waals surface area contributed by atoms with Crippen molar-refractivity contribution in [3.8, 4) is 0 Å². The molecule has 1 heterocycles. The van der Waals surface area contributed by atoms with Crippen molar-refractivity contribution in [3.63, 3.8) is 0 Å². The highest BCUT2D eigenvalue weighted by atomic mass is 16.2. The number of nitrogens with zero attached hydrogens (tertiary/aromatic N) is 2. The summed E-state index contributed by atoms with van der Waals surface area (Å²) in [4.78, 5) is 39.8. The first-order valence-corrected chi connectivity index (χ1v) is 8.77. The van der Waals surface area contributed by atoms with Gasteiger partial charge in [-0.1, -0.05) is 60.7 Å². The van der Waals surface area contributed by atoms with Crippen LogP contribution in [0.2, 0.25) is 0 Å². The fourth-order valence-electron chi connectivity index (χ4n) is 2.83. The molecule has 0 radical (unpaired) electrons. The molecule has 0 spiro atoms. The van der Waals surface area contributed by atoms with Crippen molar-refractivity contribution in [2.75, 3.05) is 0 Å². The quantitative estimate of drug-likeness (QED) is 0.699. The summed E-state index contributed by atoms with van der Waals surface area (Å²) >= 11 is 0. The molecule has 2 aromatic carbocycles. The smallest absolute Gasteiger partial charge is 0.328 e. The van der Waals surface area contributed by atoms with E-state index in [-0.39, 0.29) is 18.9 Å². The normalized spacial score (nSPS) is 10.5. The second-order valence-corrected chi connectivity index (χ2v) is 6.27. The largest absolute Gasteiger partial charge is 0.334 e. The van der Waals surface area contributed by atoms with E-state index in [9.17, 15) is 14.4 Å². The van der Waals surface area contributed by atoms with Crippen LogP contribution in [0.25, 0.3) is 0 Å². The molecule has 0 fully saturated rings. The van der Waals surface area contributed by atoms with Crippen LogP contribution in [-0.4, -0.2) is 20.4 Å². The first-order chi connectivity index (χ1) is 13.1. The van der Waals surface area contributed by atoms with E-state index in [4.69, 9.17) is 0 Å². The van der Waals surface area contributed by atoms with Gasteiger partial charge in [0.1, 0.15) is 0 Å². The number of hydrogen-bond donors (Lipinski definition) is 1. The minimum absolute atomic E-state index is 0.0548. The van der Waals surface area contributed by atoms with Gasteiger partial charge in [-0.3, -0.25) is 14.6 Å². The van der Waals surface area contributed by atoms with Gasteiger partial charge >= 0.3 is 5.69 Å². The lowest BCUT2D eigenvalue weighted by Gasteiger charge is -2.23. The Morgan fingerprint density at radius 2 is 1.41 bits per heavy atom. The van der Waals surface area contributed by atoms with Gasteiger partial charge < -0.3 is 9.47 Å². The zero-order valence-corrected chi connectivity index (χ0v) is 14.9. The predicted octanol–water partition coefficient (Wildman–Crippen LogP) is 2.16. The van der Waals surface area contributed by atoms with Gasteiger partial charge in [-0.2, -0.15) is 0 Å². The van der Waals surface area contributed by atoms with Crippen LogP contribution in [0.15, 0.2) is 82.5 Å². The molecule has 0 saturated carbocycles. The molecule has 0 aliphatic carbocycles. The average Bonchev–Trinajstić information content (AvgIpc) is 2.68. The monoisotopic (exact) mass is 363 g/mol. The van der Waals surface area contributed by atoms with Crippen LogP contribution >= 0.6 is 0 Å². The van der Waals surface area contributed by atoms with Gasteiger partial charge in [0.05, 0.1) is 0 Å². The van der Waals surface area contributed by atoms with E-state index in [2.05, 4.69) is 4.98 Å². The maximum atomic E-state index is 12.8. The molecular formula is C21H21N3O3. The number of rotatable bonds is 7. The molecule has 1 amide bonds. The molecule has 0 atom stereocenters. The molecule has 3 aromatic rings. The molecular weight excluding hydrogens is 342 g/mol. The Morgan fingerprint density at radius 1 is 0.852 bits per heavy atom. The molecule has 27 heavy (non-hydrogen) atoms. The van der Waals surface area contributed by atoms with E-state index in [0.717, 1.165) is 11.1 Å². The van der Waals surface area contributed by atoms with E-state index < -0.39 is 11.2 Å². The maximum absolute atomic E-state index is 12.8. The molecule has 0 aliphatic rings. The van der Waals surface area contributed by atoms with E-state index in [1.165, 1.54) is 16.8 Å². The predicted molar refractivity (Wildman–Crippen MR) is 103 cm³/mol. The summed E-state index contributed by atoms with van der Waals surface area (Å²) in [5.41, 5.74) is 1.14. The van der Waals surface area contributed by atoms with Crippen LogP contribution in [0.4, 0.5) is 0 Å². The number of aromatic amines is 1. The number of H-pyrrole nitrogens is 1. The van der Waals surface area contributed by atoms with Gasteiger partial charge in [-0.05, 0) is 11.1 Å². The van der Waals surface area contributed by atoms with Gasteiger partial charge in [0.15, 0.2) is 0 Å². The van der Waals surface area contributed by atoms with Gasteiger partial charge in [0, 0.05) is 38.3 Å². The molecule has 0 bridgehead atoms. The lowest BCUT2D eigenvalue weighted by molar-refractivity contribution is -0.132. The number of carbonyl (C=O) groups excluding carboxylic acids is 1. The minimum atomic E-state index is -0.507. The number of aromatic nitrogens is 2. The number of carbonyl (C=O) groups is 1. The number of amides is 1. The molecule has 3 rings (SSSR count). The lowest BCUT2D eigenvalue weighted by atomic mass is 10.1. The first-order valence-electron chi connectivity index (χ1n) is 8.77.